The molecule has 1 heterocycles. The molecule has 1 aromatic rings. The van der Waals surface area contributed by atoms with Gasteiger partial charge in [0.05, 0.1) is 20.7 Å². The second-order valence-electron chi connectivity index (χ2n) is 3.59. The van der Waals surface area contributed by atoms with Gasteiger partial charge in [0.1, 0.15) is 12.4 Å². The first-order valence-corrected chi connectivity index (χ1v) is 5.08. The average molecular weight is 208 g/mol. The van der Waals surface area contributed by atoms with Gasteiger partial charge in [-0.05, 0) is 6.92 Å². The third kappa shape index (κ3) is 2.84. The predicted molar refractivity (Wildman–Crippen MR) is 58.0 cm³/mol. The van der Waals surface area contributed by atoms with Gasteiger partial charge >= 0.3 is 5.97 Å². The Kier molecular flexibility index (Phi) is 3.94. The van der Waals surface area contributed by atoms with Gasteiger partial charge in [-0.1, -0.05) is 6.92 Å². The molecule has 1 radical (unpaired) electrons. The molecule has 1 aromatic heterocycles. The number of ether oxygens (including phenoxy) is 1. The van der Waals surface area contributed by atoms with E-state index in [9.17, 15) is 4.79 Å². The smallest absolute Gasteiger partial charge is 0.301 e. The lowest BCUT2D eigenvalue weighted by Crippen LogP contribution is -2.51. The molecule has 0 fully saturated rings. The molecule has 0 aromatic carbocycles. The Labute approximate surface area is 91.1 Å². The van der Waals surface area contributed by atoms with Gasteiger partial charge in [0.2, 0.25) is 0 Å². The summed E-state index contributed by atoms with van der Waals surface area (Å²) in [5.41, 5.74) is 0.996. The van der Waals surface area contributed by atoms with Crippen molar-refractivity contribution in [1.82, 2.24) is 4.57 Å². The molecule has 1 unspecified atom stereocenters. The molecule has 0 aliphatic heterocycles. The number of nitrogens with zero attached hydrogens (tertiary/aromatic N) is 2. The van der Waals surface area contributed by atoms with E-state index in [0.717, 1.165) is 5.72 Å². The molecular formula is C10H17BN2O2+. The van der Waals surface area contributed by atoms with Crippen molar-refractivity contribution in [3.63, 3.8) is 0 Å². The maximum Gasteiger partial charge on any atom is 0.301 e. The summed E-state index contributed by atoms with van der Waals surface area (Å²) in [7, 11) is 5.80. The first kappa shape index (κ1) is 11.8. The molecular weight excluding hydrogens is 191 g/mol. The molecule has 81 valence electrons. The second-order valence-corrected chi connectivity index (χ2v) is 3.59. The van der Waals surface area contributed by atoms with E-state index in [1.54, 1.807) is 0 Å². The third-order valence-electron chi connectivity index (χ3n) is 2.29. The molecule has 1 rings (SSSR count). The van der Waals surface area contributed by atoms with Crippen molar-refractivity contribution in [3.8, 4) is 0 Å². The molecule has 0 saturated heterocycles. The van der Waals surface area contributed by atoms with Crippen LogP contribution in [0, 0.1) is 0 Å². The van der Waals surface area contributed by atoms with Crippen molar-refractivity contribution < 1.29 is 14.1 Å². The number of aryl methyl sites for hydroxylation is 2. The van der Waals surface area contributed by atoms with Gasteiger partial charge in [-0.15, -0.1) is 0 Å². The first-order chi connectivity index (χ1) is 7.06. The van der Waals surface area contributed by atoms with Crippen LogP contribution in [-0.2, 0) is 23.6 Å². The monoisotopic (exact) mass is 208 g/mol. The van der Waals surface area contributed by atoms with E-state index in [-0.39, 0.29) is 11.8 Å². The van der Waals surface area contributed by atoms with E-state index in [2.05, 4.69) is 0 Å². The van der Waals surface area contributed by atoms with Crippen LogP contribution in [0.4, 0.5) is 0 Å². The first-order valence-electron chi connectivity index (χ1n) is 5.08. The van der Waals surface area contributed by atoms with E-state index >= 15 is 0 Å². The molecule has 0 aliphatic carbocycles. The topological polar surface area (TPSA) is 35.1 Å². The van der Waals surface area contributed by atoms with Crippen molar-refractivity contribution in [3.05, 3.63) is 12.4 Å². The van der Waals surface area contributed by atoms with Crippen LogP contribution >= 0.6 is 0 Å². The zero-order valence-corrected chi connectivity index (χ0v) is 9.73. The number of carbonyl (C=O) groups is 1. The third-order valence-corrected chi connectivity index (χ3v) is 2.29. The SMILES string of the molecule is CCOC(=O)C(C)[B]c1n(C)cc[n+]1C. The molecule has 0 N–H and O–H groups in total. The maximum atomic E-state index is 11.4. The van der Waals surface area contributed by atoms with Crippen LogP contribution < -0.4 is 10.3 Å². The van der Waals surface area contributed by atoms with Crippen LogP contribution in [0.25, 0.3) is 0 Å². The standard InChI is InChI=1S/C10H17BN2O2/c1-5-15-9(14)8(2)11-10-12(3)6-7-13(10)4/h6-8H,5H2,1-4H3/q+1. The average Bonchev–Trinajstić information content (AvgIpc) is 2.49. The lowest BCUT2D eigenvalue weighted by atomic mass is 9.64. The summed E-state index contributed by atoms with van der Waals surface area (Å²) in [4.78, 5) is 11.4. The van der Waals surface area contributed by atoms with Gasteiger partial charge in [0.25, 0.3) is 7.28 Å². The highest BCUT2D eigenvalue weighted by atomic mass is 16.5. The van der Waals surface area contributed by atoms with Crippen LogP contribution in [0.5, 0.6) is 0 Å². The summed E-state index contributed by atoms with van der Waals surface area (Å²) < 4.78 is 8.88. The Morgan fingerprint density at radius 3 is 2.87 bits per heavy atom. The van der Waals surface area contributed by atoms with E-state index in [1.165, 1.54) is 0 Å². The summed E-state index contributed by atoms with van der Waals surface area (Å²) in [5.74, 6) is -0.400. The Hall–Kier alpha value is -1.26. The van der Waals surface area contributed by atoms with Gasteiger partial charge < -0.3 is 4.74 Å². The van der Waals surface area contributed by atoms with Crippen molar-refractivity contribution >= 4 is 19.0 Å². The summed E-state index contributed by atoms with van der Waals surface area (Å²) in [6.07, 6.45) is 3.90. The summed E-state index contributed by atoms with van der Waals surface area (Å²) >= 11 is 0. The van der Waals surface area contributed by atoms with E-state index in [0.29, 0.717) is 6.61 Å². The van der Waals surface area contributed by atoms with E-state index in [1.807, 2.05) is 56.8 Å². The minimum atomic E-state index is -0.218. The second kappa shape index (κ2) is 5.00. The van der Waals surface area contributed by atoms with Crippen molar-refractivity contribution in [2.75, 3.05) is 6.61 Å². The van der Waals surface area contributed by atoms with E-state index < -0.39 is 0 Å². The molecule has 1 atom stereocenters. The number of rotatable bonds is 4. The number of carbonyl (C=O) groups excluding carboxylic acids is 1. The normalized spacial score (nSPS) is 12.3. The predicted octanol–water partition coefficient (Wildman–Crippen LogP) is -0.449. The fourth-order valence-corrected chi connectivity index (χ4v) is 1.40. The Balaban J connectivity index is 2.66. The number of esters is 1. The Morgan fingerprint density at radius 2 is 2.40 bits per heavy atom. The van der Waals surface area contributed by atoms with Crippen LogP contribution in [0.2, 0.25) is 5.82 Å². The summed E-state index contributed by atoms with van der Waals surface area (Å²) in [6.45, 7) is 4.08. The number of hydrogen-bond donors (Lipinski definition) is 0. The summed E-state index contributed by atoms with van der Waals surface area (Å²) in [6, 6.07) is 0. The molecule has 4 nitrogen and oxygen atoms in total. The quantitative estimate of drug-likeness (QED) is 0.381. The molecule has 0 amide bonds. The Morgan fingerprint density at radius 1 is 1.73 bits per heavy atom. The van der Waals surface area contributed by atoms with Gasteiger partial charge in [-0.3, -0.25) is 4.79 Å². The highest BCUT2D eigenvalue weighted by Gasteiger charge is 2.23. The Bertz CT molecular complexity index is 330. The fraction of sp³-hybridized carbons (Fsp3) is 0.600. The summed E-state index contributed by atoms with van der Waals surface area (Å²) in [5, 5.41) is 0. The van der Waals surface area contributed by atoms with Crippen LogP contribution in [-0.4, -0.2) is 24.4 Å². The lowest BCUT2D eigenvalue weighted by molar-refractivity contribution is -0.653. The van der Waals surface area contributed by atoms with Gasteiger partial charge in [-0.25, -0.2) is 9.13 Å². The van der Waals surface area contributed by atoms with Gasteiger partial charge in [0.15, 0.2) is 5.72 Å². The molecule has 0 saturated carbocycles. The molecule has 0 aliphatic rings. The molecule has 0 spiro atoms. The number of imidazole rings is 1. The molecule has 5 heteroatoms. The van der Waals surface area contributed by atoms with Crippen molar-refractivity contribution in [2.45, 2.75) is 19.7 Å². The zero-order valence-electron chi connectivity index (χ0n) is 9.73. The van der Waals surface area contributed by atoms with Crippen molar-refractivity contribution in [2.24, 2.45) is 14.1 Å². The molecule has 15 heavy (non-hydrogen) atoms. The van der Waals surface area contributed by atoms with Crippen LogP contribution in [0.1, 0.15) is 13.8 Å². The minimum Gasteiger partial charge on any atom is -0.466 e. The van der Waals surface area contributed by atoms with Crippen LogP contribution in [0.15, 0.2) is 12.4 Å². The van der Waals surface area contributed by atoms with E-state index in [4.69, 9.17) is 4.74 Å². The minimum absolute atomic E-state index is 0.182. The number of aromatic nitrogens is 2. The highest BCUT2D eigenvalue weighted by molar-refractivity contribution is 6.56. The fourth-order valence-electron chi connectivity index (χ4n) is 1.40. The van der Waals surface area contributed by atoms with Gasteiger partial charge in [-0.2, -0.15) is 0 Å². The number of hydrogen-bond acceptors (Lipinski definition) is 2. The largest absolute Gasteiger partial charge is 0.466 e. The molecule has 0 bridgehead atoms. The van der Waals surface area contributed by atoms with Gasteiger partial charge in [0, 0.05) is 5.82 Å². The maximum absolute atomic E-state index is 11.4. The van der Waals surface area contributed by atoms with Crippen LogP contribution in [0.3, 0.4) is 0 Å². The zero-order chi connectivity index (χ0) is 11.4. The highest BCUT2D eigenvalue weighted by Crippen LogP contribution is 2.02. The van der Waals surface area contributed by atoms with Crippen molar-refractivity contribution in [1.29, 1.82) is 0 Å². The lowest BCUT2D eigenvalue weighted by Gasteiger charge is -2.07.